The monoisotopic (exact) mass is 439 g/mol. The quantitative estimate of drug-likeness (QED) is 0.662. The summed E-state index contributed by atoms with van der Waals surface area (Å²) in [6.07, 6.45) is 5.30. The van der Waals surface area contributed by atoms with E-state index in [2.05, 4.69) is 20.8 Å². The maximum absolute atomic E-state index is 13.3. The number of amides is 3. The van der Waals surface area contributed by atoms with Crippen molar-refractivity contribution in [1.82, 2.24) is 20.4 Å². The van der Waals surface area contributed by atoms with Gasteiger partial charge in [0.15, 0.2) is 0 Å². The molecule has 1 aromatic carbocycles. The standard InChI is InChI=1S/C24H33N5O3/c1-16-21(17(2)28-27-16)18-8-10-20(11-9-18)25-23(30)22(19-6-4-3-5-7-19)26-24(31)29-12-14-32-15-13-29/h8-11,19,22H,3-7,12-15H2,1-2H3,(H,25,30)(H,26,31)(H,27,28). The molecule has 4 rings (SSSR count). The highest BCUT2D eigenvalue weighted by Crippen LogP contribution is 2.29. The summed E-state index contributed by atoms with van der Waals surface area (Å²) in [6.45, 7) is 6.15. The topological polar surface area (TPSA) is 99.3 Å². The van der Waals surface area contributed by atoms with E-state index < -0.39 is 6.04 Å². The average molecular weight is 440 g/mol. The van der Waals surface area contributed by atoms with Crippen LogP contribution in [-0.4, -0.2) is 59.4 Å². The smallest absolute Gasteiger partial charge is 0.318 e. The molecule has 1 aliphatic heterocycles. The summed E-state index contributed by atoms with van der Waals surface area (Å²) in [4.78, 5) is 27.8. The number of H-pyrrole nitrogens is 1. The predicted octanol–water partition coefficient (Wildman–Crippen LogP) is 3.62. The predicted molar refractivity (Wildman–Crippen MR) is 123 cm³/mol. The number of rotatable bonds is 5. The zero-order valence-electron chi connectivity index (χ0n) is 18.9. The molecule has 1 saturated heterocycles. The second-order valence-corrected chi connectivity index (χ2v) is 8.80. The van der Waals surface area contributed by atoms with Crippen molar-refractivity contribution in [3.8, 4) is 11.1 Å². The highest BCUT2D eigenvalue weighted by Gasteiger charge is 2.32. The lowest BCUT2D eigenvalue weighted by Crippen LogP contribution is -2.55. The number of urea groups is 1. The van der Waals surface area contributed by atoms with Crippen molar-refractivity contribution >= 4 is 17.6 Å². The van der Waals surface area contributed by atoms with Crippen LogP contribution in [0.4, 0.5) is 10.5 Å². The minimum absolute atomic E-state index is 0.151. The van der Waals surface area contributed by atoms with E-state index in [1.54, 1.807) is 4.90 Å². The molecule has 8 nitrogen and oxygen atoms in total. The lowest BCUT2D eigenvalue weighted by molar-refractivity contribution is -0.119. The van der Waals surface area contributed by atoms with Gasteiger partial charge in [-0.15, -0.1) is 0 Å². The third-order valence-electron chi connectivity index (χ3n) is 6.55. The number of aromatic nitrogens is 2. The highest BCUT2D eigenvalue weighted by atomic mass is 16.5. The summed E-state index contributed by atoms with van der Waals surface area (Å²) >= 11 is 0. The van der Waals surface area contributed by atoms with Crippen LogP contribution in [-0.2, 0) is 9.53 Å². The van der Waals surface area contributed by atoms with Gasteiger partial charge < -0.3 is 20.3 Å². The number of carbonyl (C=O) groups excluding carboxylic acids is 2. The second kappa shape index (κ2) is 10.2. The number of morpholine rings is 1. The number of hydrogen-bond acceptors (Lipinski definition) is 4. The van der Waals surface area contributed by atoms with Gasteiger partial charge in [-0.25, -0.2) is 4.79 Å². The Morgan fingerprint density at radius 1 is 1.09 bits per heavy atom. The Kier molecular flexibility index (Phi) is 7.09. The van der Waals surface area contributed by atoms with Crippen molar-refractivity contribution in [3.63, 3.8) is 0 Å². The Balaban J connectivity index is 1.46. The zero-order valence-corrected chi connectivity index (χ0v) is 18.9. The van der Waals surface area contributed by atoms with Gasteiger partial charge in [0.1, 0.15) is 6.04 Å². The Bertz CT molecular complexity index is 908. The Morgan fingerprint density at radius 3 is 2.41 bits per heavy atom. The maximum Gasteiger partial charge on any atom is 0.318 e. The lowest BCUT2D eigenvalue weighted by Gasteiger charge is -2.33. The van der Waals surface area contributed by atoms with E-state index >= 15 is 0 Å². The molecule has 2 aromatic rings. The number of hydrogen-bond donors (Lipinski definition) is 3. The Labute approximate surface area is 189 Å². The van der Waals surface area contributed by atoms with Gasteiger partial charge >= 0.3 is 6.03 Å². The molecule has 0 bridgehead atoms. The fraction of sp³-hybridized carbons (Fsp3) is 0.542. The van der Waals surface area contributed by atoms with Crippen molar-refractivity contribution < 1.29 is 14.3 Å². The minimum atomic E-state index is -0.538. The summed E-state index contributed by atoms with van der Waals surface area (Å²) in [5.74, 6) is 0.00572. The molecule has 1 unspecified atom stereocenters. The van der Waals surface area contributed by atoms with Crippen LogP contribution in [0.1, 0.15) is 43.5 Å². The molecule has 32 heavy (non-hydrogen) atoms. The van der Waals surface area contributed by atoms with Crippen LogP contribution in [0, 0.1) is 19.8 Å². The summed E-state index contributed by atoms with van der Waals surface area (Å²) in [5, 5.41) is 13.3. The number of ether oxygens (including phenoxy) is 1. The molecule has 2 aliphatic rings. The normalized spacial score (nSPS) is 18.2. The first-order valence-corrected chi connectivity index (χ1v) is 11.6. The van der Waals surface area contributed by atoms with Gasteiger partial charge in [0.05, 0.1) is 18.9 Å². The molecule has 1 atom stereocenters. The van der Waals surface area contributed by atoms with Gasteiger partial charge in [-0.3, -0.25) is 9.89 Å². The highest BCUT2D eigenvalue weighted by molar-refractivity contribution is 5.97. The second-order valence-electron chi connectivity index (χ2n) is 8.80. The van der Waals surface area contributed by atoms with Crippen LogP contribution in [0.2, 0.25) is 0 Å². The van der Waals surface area contributed by atoms with E-state index in [1.165, 1.54) is 6.42 Å². The molecule has 2 heterocycles. The third-order valence-corrected chi connectivity index (χ3v) is 6.55. The van der Waals surface area contributed by atoms with E-state index in [4.69, 9.17) is 4.74 Å². The first-order valence-electron chi connectivity index (χ1n) is 11.6. The molecule has 8 heteroatoms. The van der Waals surface area contributed by atoms with E-state index in [1.807, 2.05) is 38.1 Å². The van der Waals surface area contributed by atoms with Crippen LogP contribution in [0.15, 0.2) is 24.3 Å². The first-order chi connectivity index (χ1) is 15.5. The summed E-state index contributed by atoms with van der Waals surface area (Å²) in [7, 11) is 0. The number of benzene rings is 1. The van der Waals surface area contributed by atoms with Crippen molar-refractivity contribution in [1.29, 1.82) is 0 Å². The van der Waals surface area contributed by atoms with Gasteiger partial charge in [0.2, 0.25) is 5.91 Å². The van der Waals surface area contributed by atoms with Crippen LogP contribution >= 0.6 is 0 Å². The van der Waals surface area contributed by atoms with Crippen LogP contribution in [0.25, 0.3) is 11.1 Å². The van der Waals surface area contributed by atoms with Gasteiger partial charge in [-0.1, -0.05) is 31.4 Å². The van der Waals surface area contributed by atoms with Crippen molar-refractivity contribution in [3.05, 3.63) is 35.7 Å². The molecule has 2 fully saturated rings. The number of aromatic amines is 1. The van der Waals surface area contributed by atoms with Crippen molar-refractivity contribution in [2.75, 3.05) is 31.6 Å². The molecule has 3 N–H and O–H groups in total. The van der Waals surface area contributed by atoms with Crippen molar-refractivity contribution in [2.45, 2.75) is 52.0 Å². The van der Waals surface area contributed by atoms with E-state index in [-0.39, 0.29) is 17.9 Å². The van der Waals surface area contributed by atoms with Gasteiger partial charge in [-0.2, -0.15) is 5.10 Å². The van der Waals surface area contributed by atoms with Crippen LogP contribution < -0.4 is 10.6 Å². The molecule has 0 radical (unpaired) electrons. The summed E-state index contributed by atoms with van der Waals surface area (Å²) < 4.78 is 5.34. The van der Waals surface area contributed by atoms with Crippen LogP contribution in [0.3, 0.4) is 0 Å². The largest absolute Gasteiger partial charge is 0.378 e. The van der Waals surface area contributed by atoms with E-state index in [0.717, 1.165) is 53.9 Å². The van der Waals surface area contributed by atoms with E-state index in [0.29, 0.717) is 26.3 Å². The number of anilines is 1. The fourth-order valence-electron chi connectivity index (χ4n) is 4.77. The Morgan fingerprint density at radius 2 is 1.78 bits per heavy atom. The molecule has 0 spiro atoms. The lowest BCUT2D eigenvalue weighted by atomic mass is 9.83. The number of aryl methyl sites for hydroxylation is 2. The van der Waals surface area contributed by atoms with Gasteiger partial charge in [-0.05, 0) is 50.3 Å². The fourth-order valence-corrected chi connectivity index (χ4v) is 4.77. The average Bonchev–Trinajstić information content (AvgIpc) is 3.16. The zero-order chi connectivity index (χ0) is 22.5. The van der Waals surface area contributed by atoms with E-state index in [9.17, 15) is 9.59 Å². The van der Waals surface area contributed by atoms with Crippen LogP contribution in [0.5, 0.6) is 0 Å². The number of nitrogens with one attached hydrogen (secondary N) is 3. The summed E-state index contributed by atoms with van der Waals surface area (Å²) in [5.41, 5.74) is 4.82. The van der Waals surface area contributed by atoms with Gasteiger partial charge in [0.25, 0.3) is 0 Å². The third kappa shape index (κ3) is 5.12. The maximum atomic E-state index is 13.3. The molecule has 172 valence electrons. The Hall–Kier alpha value is -2.87. The molecule has 1 aromatic heterocycles. The molecular formula is C24H33N5O3. The van der Waals surface area contributed by atoms with Crippen molar-refractivity contribution in [2.24, 2.45) is 5.92 Å². The number of carbonyl (C=O) groups is 2. The first kappa shape index (κ1) is 22.3. The molecule has 1 saturated carbocycles. The minimum Gasteiger partial charge on any atom is -0.378 e. The molecule has 1 aliphatic carbocycles. The molecule has 3 amide bonds. The van der Waals surface area contributed by atoms with Gasteiger partial charge in [0, 0.05) is 30.0 Å². The number of nitrogens with zero attached hydrogens (tertiary/aromatic N) is 2. The molecular weight excluding hydrogens is 406 g/mol. The summed E-state index contributed by atoms with van der Waals surface area (Å²) in [6, 6.07) is 7.07. The SMILES string of the molecule is Cc1n[nH]c(C)c1-c1ccc(NC(=O)C(NC(=O)N2CCOCC2)C2CCCCC2)cc1.